The van der Waals surface area contributed by atoms with Crippen LogP contribution in [0.1, 0.15) is 5.56 Å². The van der Waals surface area contributed by atoms with Gasteiger partial charge in [0, 0.05) is 36.9 Å². The van der Waals surface area contributed by atoms with Gasteiger partial charge in [-0.1, -0.05) is 0 Å². The molecule has 0 aliphatic carbocycles. The number of rotatable bonds is 4. The quantitative estimate of drug-likeness (QED) is 0.730. The Morgan fingerprint density at radius 2 is 2.35 bits per heavy atom. The lowest BCUT2D eigenvalue weighted by atomic mass is 10.4. The first kappa shape index (κ1) is 13.1. The summed E-state index contributed by atoms with van der Waals surface area (Å²) in [5.74, 6) is 0.0101. The number of anilines is 1. The Labute approximate surface area is 118 Å². The van der Waals surface area contributed by atoms with Gasteiger partial charge in [-0.3, -0.25) is 9.50 Å². The van der Waals surface area contributed by atoms with Crippen LogP contribution in [-0.2, 0) is 16.6 Å². The van der Waals surface area contributed by atoms with Crippen LogP contribution in [0.2, 0.25) is 0 Å². The van der Waals surface area contributed by atoms with Crippen LogP contribution in [0.3, 0.4) is 0 Å². The Morgan fingerprint density at radius 3 is 3.05 bits per heavy atom. The fourth-order valence-corrected chi connectivity index (χ4v) is 3.99. The van der Waals surface area contributed by atoms with E-state index in [2.05, 4.69) is 15.2 Å². The van der Waals surface area contributed by atoms with E-state index < -0.39 is 10.0 Å². The van der Waals surface area contributed by atoms with Crippen molar-refractivity contribution >= 4 is 32.1 Å². The normalized spacial score (nSPS) is 12.5. The van der Waals surface area contributed by atoms with Gasteiger partial charge in [0.25, 0.3) is 10.0 Å². The van der Waals surface area contributed by atoms with Crippen molar-refractivity contribution < 1.29 is 8.42 Å². The van der Waals surface area contributed by atoms with E-state index in [1.807, 2.05) is 0 Å². The molecule has 0 aromatic carbocycles. The van der Waals surface area contributed by atoms with E-state index in [9.17, 15) is 8.42 Å². The lowest BCUT2D eigenvalue weighted by Gasteiger charge is -2.15. The molecule has 0 spiro atoms. The summed E-state index contributed by atoms with van der Waals surface area (Å²) in [6.07, 6.45) is 4.86. The average molecular weight is 312 g/mol. The number of nitrogens with two attached hydrogens (primary N) is 1. The highest BCUT2D eigenvalue weighted by Crippen LogP contribution is 2.26. The van der Waals surface area contributed by atoms with Gasteiger partial charge in [0.15, 0.2) is 15.8 Å². The van der Waals surface area contributed by atoms with Gasteiger partial charge < -0.3 is 5.73 Å². The maximum atomic E-state index is 12.6. The van der Waals surface area contributed by atoms with Crippen molar-refractivity contribution in [2.75, 3.05) is 12.8 Å². The number of hydrogen-bond donors (Lipinski definition) is 2. The predicted molar refractivity (Wildman–Crippen MR) is 74.7 cm³/mol. The molecule has 0 fully saturated rings. The highest BCUT2D eigenvalue weighted by Gasteiger charge is 2.29. The molecule has 3 aromatic rings. The van der Waals surface area contributed by atoms with Crippen LogP contribution in [0.4, 0.5) is 5.82 Å². The zero-order valence-electron chi connectivity index (χ0n) is 10.5. The largest absolute Gasteiger partial charge is 0.381 e. The van der Waals surface area contributed by atoms with Crippen molar-refractivity contribution in [3.05, 3.63) is 29.5 Å². The van der Waals surface area contributed by atoms with Crippen molar-refractivity contribution in [2.24, 2.45) is 0 Å². The van der Waals surface area contributed by atoms with Crippen LogP contribution in [-0.4, -0.2) is 39.4 Å². The zero-order chi connectivity index (χ0) is 14.3. The molecular formula is C10H12N6O2S2. The van der Waals surface area contributed by atoms with Gasteiger partial charge in [-0.2, -0.15) is 9.40 Å². The number of aromatic nitrogens is 4. The maximum Gasteiger partial charge on any atom is 0.262 e. The minimum absolute atomic E-state index is 0.000236. The molecular weight excluding hydrogens is 300 g/mol. The molecule has 106 valence electrons. The molecule has 8 nitrogen and oxygen atoms in total. The van der Waals surface area contributed by atoms with Crippen LogP contribution >= 0.6 is 11.3 Å². The fourth-order valence-electron chi connectivity index (χ4n) is 1.89. The zero-order valence-corrected chi connectivity index (χ0v) is 12.1. The van der Waals surface area contributed by atoms with Gasteiger partial charge in [-0.25, -0.2) is 13.4 Å². The van der Waals surface area contributed by atoms with Crippen LogP contribution in [0.5, 0.6) is 0 Å². The molecule has 3 rings (SSSR count). The molecule has 3 aromatic heterocycles. The topological polar surface area (TPSA) is 109 Å². The molecule has 10 heteroatoms. The monoisotopic (exact) mass is 312 g/mol. The van der Waals surface area contributed by atoms with Gasteiger partial charge >= 0.3 is 0 Å². The molecule has 0 bridgehead atoms. The van der Waals surface area contributed by atoms with Crippen molar-refractivity contribution in [3.63, 3.8) is 0 Å². The molecule has 3 heterocycles. The van der Waals surface area contributed by atoms with Crippen LogP contribution in [0.15, 0.2) is 29.0 Å². The average Bonchev–Trinajstić information content (AvgIpc) is 3.05. The Bertz CT molecular complexity index is 832. The van der Waals surface area contributed by atoms with Crippen LogP contribution in [0, 0.1) is 0 Å². The summed E-state index contributed by atoms with van der Waals surface area (Å²) in [7, 11) is -2.23. The number of imidazole rings is 1. The number of hydrogen-bond acceptors (Lipinski definition) is 6. The molecule has 0 radical (unpaired) electrons. The summed E-state index contributed by atoms with van der Waals surface area (Å²) < 4.78 is 27.9. The highest BCUT2D eigenvalue weighted by atomic mass is 32.2. The molecule has 0 aliphatic heterocycles. The van der Waals surface area contributed by atoms with Gasteiger partial charge in [0.05, 0.1) is 6.20 Å². The van der Waals surface area contributed by atoms with E-state index in [0.717, 1.165) is 5.56 Å². The summed E-state index contributed by atoms with van der Waals surface area (Å²) >= 11 is 1.33. The first-order valence-electron chi connectivity index (χ1n) is 5.65. The van der Waals surface area contributed by atoms with Crippen LogP contribution < -0.4 is 5.73 Å². The van der Waals surface area contributed by atoms with E-state index in [0.29, 0.717) is 4.96 Å². The number of thiazole rings is 1. The summed E-state index contributed by atoms with van der Waals surface area (Å²) in [6.45, 7) is 0.204. The molecule has 0 saturated carbocycles. The standard InChI is InChI=1S/C10H12N6O2S2/c1-15(6-7-4-12-13-5-7)20(17,18)9-8(11)14-10-16(9)2-3-19-10/h2-5H,6,11H2,1H3,(H,12,13). The maximum absolute atomic E-state index is 12.6. The first-order chi connectivity index (χ1) is 9.50. The summed E-state index contributed by atoms with van der Waals surface area (Å²) in [5.41, 5.74) is 6.51. The molecule has 0 saturated heterocycles. The number of nitrogens with zero attached hydrogens (tertiary/aromatic N) is 4. The number of aromatic amines is 1. The minimum Gasteiger partial charge on any atom is -0.381 e. The van der Waals surface area contributed by atoms with E-state index in [-0.39, 0.29) is 17.4 Å². The Morgan fingerprint density at radius 1 is 1.55 bits per heavy atom. The second-order valence-electron chi connectivity index (χ2n) is 4.23. The van der Waals surface area contributed by atoms with E-state index in [4.69, 9.17) is 5.73 Å². The van der Waals surface area contributed by atoms with Crippen molar-refractivity contribution in [1.29, 1.82) is 0 Å². The molecule has 0 atom stereocenters. The summed E-state index contributed by atoms with van der Waals surface area (Å²) in [4.78, 5) is 4.61. The first-order valence-corrected chi connectivity index (χ1v) is 7.97. The number of fused-ring (bicyclic) bond motifs is 1. The predicted octanol–water partition coefficient (Wildman–Crippen LogP) is 0.522. The molecule has 0 unspecified atom stereocenters. The lowest BCUT2D eigenvalue weighted by Crippen LogP contribution is -2.28. The Balaban J connectivity index is 2.02. The fraction of sp³-hybridized carbons (Fsp3) is 0.200. The number of sulfonamides is 1. The molecule has 0 aliphatic rings. The molecule has 0 amide bonds. The van der Waals surface area contributed by atoms with Crippen molar-refractivity contribution in [1.82, 2.24) is 23.9 Å². The van der Waals surface area contributed by atoms with E-state index >= 15 is 0 Å². The van der Waals surface area contributed by atoms with Gasteiger partial charge in [-0.15, -0.1) is 11.3 Å². The van der Waals surface area contributed by atoms with Crippen molar-refractivity contribution in [2.45, 2.75) is 11.6 Å². The van der Waals surface area contributed by atoms with Gasteiger partial charge in [0.2, 0.25) is 0 Å². The van der Waals surface area contributed by atoms with E-state index in [1.165, 1.54) is 27.1 Å². The molecule has 3 N–H and O–H groups in total. The lowest BCUT2D eigenvalue weighted by molar-refractivity contribution is 0.463. The Hall–Kier alpha value is -1.91. The second-order valence-corrected chi connectivity index (χ2v) is 7.06. The van der Waals surface area contributed by atoms with E-state index in [1.54, 1.807) is 24.0 Å². The third kappa shape index (κ3) is 1.97. The smallest absolute Gasteiger partial charge is 0.262 e. The number of nitrogens with one attached hydrogen (secondary N) is 1. The third-order valence-electron chi connectivity index (χ3n) is 2.86. The van der Waals surface area contributed by atoms with Gasteiger partial charge in [-0.05, 0) is 0 Å². The molecule has 20 heavy (non-hydrogen) atoms. The Kier molecular flexibility index (Phi) is 3.00. The van der Waals surface area contributed by atoms with Crippen molar-refractivity contribution in [3.8, 4) is 0 Å². The SMILES string of the molecule is CN(Cc1cn[nH]c1)S(=O)(=O)c1c(N)nc2sccn12. The summed E-state index contributed by atoms with van der Waals surface area (Å²) in [6, 6.07) is 0. The van der Waals surface area contributed by atoms with Gasteiger partial charge in [0.1, 0.15) is 0 Å². The minimum atomic E-state index is -3.73. The number of nitrogen functional groups attached to an aromatic ring is 1. The highest BCUT2D eigenvalue weighted by molar-refractivity contribution is 7.89. The third-order valence-corrected chi connectivity index (χ3v) is 5.46. The van der Waals surface area contributed by atoms with Crippen LogP contribution in [0.25, 0.3) is 4.96 Å². The summed E-state index contributed by atoms with van der Waals surface area (Å²) in [5, 5.41) is 8.20. The second kappa shape index (κ2) is 4.58. The number of H-pyrrole nitrogens is 1.